The van der Waals surface area contributed by atoms with Crippen LogP contribution in [0.15, 0.2) is 34.1 Å². The van der Waals surface area contributed by atoms with Crippen molar-refractivity contribution in [2.45, 2.75) is 13.1 Å². The van der Waals surface area contributed by atoms with Crippen LogP contribution in [-0.2, 0) is 13.1 Å². The minimum atomic E-state index is 0.826. The molecule has 0 saturated heterocycles. The molecule has 0 unspecified atom stereocenters. The highest BCUT2D eigenvalue weighted by molar-refractivity contribution is 14.1. The van der Waals surface area contributed by atoms with E-state index in [0.717, 1.165) is 23.2 Å². The Hall–Kier alpha value is -0.110. The number of nitrogens with one attached hydrogen (secondary N) is 1. The number of anilines is 1. The maximum Gasteiger partial charge on any atom is 0.0327 e. The summed E-state index contributed by atoms with van der Waals surface area (Å²) in [4.78, 5) is 1.33. The summed E-state index contributed by atoms with van der Waals surface area (Å²) in [5.74, 6) is 0. The van der Waals surface area contributed by atoms with E-state index in [9.17, 15) is 0 Å². The van der Waals surface area contributed by atoms with Crippen molar-refractivity contribution in [2.24, 2.45) is 0 Å². The average molecular weight is 423 g/mol. The lowest BCUT2D eigenvalue weighted by molar-refractivity contribution is 0.701. The van der Waals surface area contributed by atoms with Gasteiger partial charge in [0.1, 0.15) is 0 Å². The minimum absolute atomic E-state index is 0.826. The fourth-order valence-corrected chi connectivity index (χ4v) is 3.73. The third kappa shape index (κ3) is 4.24. The minimum Gasteiger partial charge on any atom is -0.399 e. The fourth-order valence-electron chi connectivity index (χ4n) is 1.55. The number of hydrogen-bond acceptors (Lipinski definition) is 3. The Kier molecular flexibility index (Phi) is 4.84. The van der Waals surface area contributed by atoms with Gasteiger partial charge in [0, 0.05) is 37.1 Å². The van der Waals surface area contributed by atoms with E-state index in [2.05, 4.69) is 61.4 Å². The molecule has 0 atom stereocenters. The summed E-state index contributed by atoms with van der Waals surface area (Å²) >= 11 is 7.49. The van der Waals surface area contributed by atoms with Gasteiger partial charge in [0.2, 0.25) is 0 Å². The molecule has 1 aromatic heterocycles. The van der Waals surface area contributed by atoms with E-state index in [4.69, 9.17) is 5.73 Å². The fraction of sp³-hybridized carbons (Fsp3) is 0.167. The molecule has 5 heteroatoms. The van der Waals surface area contributed by atoms with Gasteiger partial charge in [0.15, 0.2) is 0 Å². The molecule has 2 aromatic rings. The highest BCUT2D eigenvalue weighted by Crippen LogP contribution is 2.19. The molecule has 0 fully saturated rings. The van der Waals surface area contributed by atoms with Gasteiger partial charge in [-0.05, 0) is 68.3 Å². The van der Waals surface area contributed by atoms with Crippen LogP contribution >= 0.6 is 49.9 Å². The van der Waals surface area contributed by atoms with E-state index < -0.39 is 0 Å². The lowest BCUT2D eigenvalue weighted by Crippen LogP contribution is -2.12. The molecule has 1 heterocycles. The van der Waals surface area contributed by atoms with E-state index in [0.29, 0.717) is 0 Å². The van der Waals surface area contributed by atoms with Gasteiger partial charge in [-0.1, -0.05) is 0 Å². The number of halogens is 2. The van der Waals surface area contributed by atoms with Gasteiger partial charge in [-0.15, -0.1) is 11.3 Å². The van der Waals surface area contributed by atoms with E-state index in [1.807, 2.05) is 12.1 Å². The normalized spacial score (nSPS) is 10.7. The molecule has 2 nitrogen and oxygen atoms in total. The maximum atomic E-state index is 5.81. The van der Waals surface area contributed by atoms with Gasteiger partial charge < -0.3 is 11.1 Å². The van der Waals surface area contributed by atoms with Gasteiger partial charge in [0.25, 0.3) is 0 Å². The summed E-state index contributed by atoms with van der Waals surface area (Å²) in [6.45, 7) is 1.73. The van der Waals surface area contributed by atoms with Crippen molar-refractivity contribution >= 4 is 55.5 Å². The quantitative estimate of drug-likeness (QED) is 0.577. The Morgan fingerprint density at radius 3 is 2.71 bits per heavy atom. The van der Waals surface area contributed by atoms with Crippen molar-refractivity contribution in [3.8, 4) is 0 Å². The standard InChI is InChI=1S/C12H12BrIN2S/c13-9-3-12(17-7-9)6-16-5-8-1-10(14)4-11(15)2-8/h1-4,7,16H,5-6,15H2. The molecular weight excluding hydrogens is 411 g/mol. The highest BCUT2D eigenvalue weighted by atomic mass is 127. The predicted molar refractivity (Wildman–Crippen MR) is 86.1 cm³/mol. The van der Waals surface area contributed by atoms with E-state index in [-0.39, 0.29) is 0 Å². The first-order valence-electron chi connectivity index (χ1n) is 5.12. The number of rotatable bonds is 4. The highest BCUT2D eigenvalue weighted by Gasteiger charge is 1.99. The number of nitrogen functional groups attached to an aromatic ring is 1. The van der Waals surface area contributed by atoms with Gasteiger partial charge >= 0.3 is 0 Å². The predicted octanol–water partition coefficient (Wildman–Crippen LogP) is 3.99. The van der Waals surface area contributed by atoms with Gasteiger partial charge in [-0.25, -0.2) is 0 Å². The van der Waals surface area contributed by atoms with Crippen LogP contribution in [0.5, 0.6) is 0 Å². The summed E-state index contributed by atoms with van der Waals surface area (Å²) < 4.78 is 2.33. The van der Waals surface area contributed by atoms with Gasteiger partial charge in [-0.3, -0.25) is 0 Å². The van der Waals surface area contributed by atoms with Crippen molar-refractivity contribution < 1.29 is 0 Å². The summed E-state index contributed by atoms with van der Waals surface area (Å²) in [5, 5.41) is 5.51. The van der Waals surface area contributed by atoms with Gasteiger partial charge in [0.05, 0.1) is 0 Å². The second kappa shape index (κ2) is 6.17. The Balaban J connectivity index is 1.89. The largest absolute Gasteiger partial charge is 0.399 e. The van der Waals surface area contributed by atoms with Crippen LogP contribution in [0.2, 0.25) is 0 Å². The topological polar surface area (TPSA) is 38.0 Å². The first-order chi connectivity index (χ1) is 8.13. The summed E-state index contributed by atoms with van der Waals surface area (Å²) in [6.07, 6.45) is 0. The van der Waals surface area contributed by atoms with Crippen molar-refractivity contribution in [2.75, 3.05) is 5.73 Å². The van der Waals surface area contributed by atoms with Crippen molar-refractivity contribution in [3.63, 3.8) is 0 Å². The van der Waals surface area contributed by atoms with E-state index >= 15 is 0 Å². The molecule has 0 radical (unpaired) electrons. The molecular formula is C12H12BrIN2S. The lowest BCUT2D eigenvalue weighted by atomic mass is 10.2. The average Bonchev–Trinajstić information content (AvgIpc) is 2.63. The molecule has 0 aliphatic carbocycles. The van der Waals surface area contributed by atoms with Gasteiger partial charge in [-0.2, -0.15) is 0 Å². The number of benzene rings is 1. The number of hydrogen-bond donors (Lipinski definition) is 2. The monoisotopic (exact) mass is 422 g/mol. The molecule has 0 spiro atoms. The third-order valence-electron chi connectivity index (χ3n) is 2.23. The molecule has 2 rings (SSSR count). The first-order valence-corrected chi connectivity index (χ1v) is 7.87. The molecule has 0 saturated carbocycles. The zero-order valence-corrected chi connectivity index (χ0v) is 13.6. The Morgan fingerprint density at radius 2 is 2.06 bits per heavy atom. The second-order valence-electron chi connectivity index (χ2n) is 3.73. The zero-order chi connectivity index (χ0) is 12.3. The number of thiophene rings is 1. The van der Waals surface area contributed by atoms with E-state index in [1.165, 1.54) is 14.0 Å². The van der Waals surface area contributed by atoms with Crippen molar-refractivity contribution in [3.05, 3.63) is 48.1 Å². The SMILES string of the molecule is Nc1cc(I)cc(CNCc2cc(Br)cs2)c1. The van der Waals surface area contributed by atoms with Crippen LogP contribution < -0.4 is 11.1 Å². The van der Waals surface area contributed by atoms with Crippen LogP contribution in [0.4, 0.5) is 5.69 Å². The van der Waals surface area contributed by atoms with Crippen LogP contribution in [0.1, 0.15) is 10.4 Å². The van der Waals surface area contributed by atoms with Crippen molar-refractivity contribution in [1.29, 1.82) is 0 Å². The molecule has 1 aromatic carbocycles. The second-order valence-corrected chi connectivity index (χ2v) is 6.88. The number of nitrogens with two attached hydrogens (primary N) is 1. The molecule has 90 valence electrons. The molecule has 3 N–H and O–H groups in total. The Labute approximate surface area is 127 Å². The Bertz CT molecular complexity index is 493. The smallest absolute Gasteiger partial charge is 0.0327 e. The van der Waals surface area contributed by atoms with Crippen LogP contribution in [0.3, 0.4) is 0 Å². The maximum absolute atomic E-state index is 5.81. The molecule has 17 heavy (non-hydrogen) atoms. The molecule has 0 amide bonds. The summed E-state index contributed by atoms with van der Waals surface area (Å²) in [5.41, 5.74) is 7.86. The lowest BCUT2D eigenvalue weighted by Gasteiger charge is -2.05. The van der Waals surface area contributed by atoms with Crippen LogP contribution in [-0.4, -0.2) is 0 Å². The van der Waals surface area contributed by atoms with E-state index in [1.54, 1.807) is 11.3 Å². The third-order valence-corrected chi connectivity index (χ3v) is 4.55. The Morgan fingerprint density at radius 1 is 1.24 bits per heavy atom. The zero-order valence-electron chi connectivity index (χ0n) is 9.04. The molecule has 0 aliphatic heterocycles. The van der Waals surface area contributed by atoms with Crippen LogP contribution in [0.25, 0.3) is 0 Å². The van der Waals surface area contributed by atoms with Crippen molar-refractivity contribution in [1.82, 2.24) is 5.32 Å². The summed E-state index contributed by atoms with van der Waals surface area (Å²) in [7, 11) is 0. The molecule has 0 aliphatic rings. The first kappa shape index (κ1) is 13.3. The summed E-state index contributed by atoms with van der Waals surface area (Å²) in [6, 6.07) is 8.27. The molecule has 0 bridgehead atoms. The van der Waals surface area contributed by atoms with Crippen LogP contribution in [0, 0.1) is 3.57 Å².